The van der Waals surface area contributed by atoms with Crippen LogP contribution in [-0.2, 0) is 4.74 Å². The molecule has 1 unspecified atom stereocenters. The molecule has 1 saturated heterocycles. The standard InChI is InChI=1S/C17H26N2O2/c1-13(2)8-10-18-17(20)14-4-6-15(7-5-14)19-11-9-16(12-19)21-3/h4-7,13,16H,8-12H2,1-3H3,(H,18,20). The van der Waals surface area contributed by atoms with Gasteiger partial charge < -0.3 is 15.0 Å². The van der Waals surface area contributed by atoms with Gasteiger partial charge in [0.2, 0.25) is 0 Å². The van der Waals surface area contributed by atoms with E-state index in [0.29, 0.717) is 12.0 Å². The number of carbonyl (C=O) groups is 1. The molecule has 0 aromatic heterocycles. The minimum Gasteiger partial charge on any atom is -0.380 e. The fourth-order valence-corrected chi connectivity index (χ4v) is 2.56. The molecule has 21 heavy (non-hydrogen) atoms. The Morgan fingerprint density at radius 3 is 2.67 bits per heavy atom. The van der Waals surface area contributed by atoms with Crippen molar-refractivity contribution in [2.45, 2.75) is 32.8 Å². The molecule has 4 nitrogen and oxygen atoms in total. The van der Waals surface area contributed by atoms with Crippen LogP contribution in [0.2, 0.25) is 0 Å². The van der Waals surface area contributed by atoms with Gasteiger partial charge in [0.15, 0.2) is 0 Å². The lowest BCUT2D eigenvalue weighted by molar-refractivity contribution is 0.0952. The predicted molar refractivity (Wildman–Crippen MR) is 85.9 cm³/mol. The maximum absolute atomic E-state index is 12.0. The van der Waals surface area contributed by atoms with Crippen LogP contribution in [0, 0.1) is 5.92 Å². The van der Waals surface area contributed by atoms with Crippen LogP contribution in [0.5, 0.6) is 0 Å². The third-order valence-electron chi connectivity index (χ3n) is 3.98. The van der Waals surface area contributed by atoms with Crippen molar-refractivity contribution in [2.24, 2.45) is 5.92 Å². The van der Waals surface area contributed by atoms with Crippen molar-refractivity contribution < 1.29 is 9.53 Å². The third-order valence-corrected chi connectivity index (χ3v) is 3.98. The summed E-state index contributed by atoms with van der Waals surface area (Å²) in [5.41, 5.74) is 1.89. The number of nitrogens with one attached hydrogen (secondary N) is 1. The van der Waals surface area contributed by atoms with Crippen molar-refractivity contribution in [3.8, 4) is 0 Å². The summed E-state index contributed by atoms with van der Waals surface area (Å²) in [6, 6.07) is 7.85. The number of rotatable bonds is 6. The van der Waals surface area contributed by atoms with E-state index in [1.54, 1.807) is 7.11 Å². The fraction of sp³-hybridized carbons (Fsp3) is 0.588. The van der Waals surface area contributed by atoms with Crippen LogP contribution in [0.3, 0.4) is 0 Å². The summed E-state index contributed by atoms with van der Waals surface area (Å²) in [6.45, 7) is 6.99. The lowest BCUT2D eigenvalue weighted by Crippen LogP contribution is -2.25. The lowest BCUT2D eigenvalue weighted by atomic mass is 10.1. The average Bonchev–Trinajstić information content (AvgIpc) is 2.96. The zero-order chi connectivity index (χ0) is 15.2. The topological polar surface area (TPSA) is 41.6 Å². The molecule has 1 aromatic rings. The number of carbonyl (C=O) groups excluding carboxylic acids is 1. The van der Waals surface area contributed by atoms with E-state index in [-0.39, 0.29) is 5.91 Å². The second-order valence-corrected chi connectivity index (χ2v) is 6.08. The van der Waals surface area contributed by atoms with Crippen molar-refractivity contribution in [3.63, 3.8) is 0 Å². The van der Waals surface area contributed by atoms with Crippen molar-refractivity contribution in [2.75, 3.05) is 31.6 Å². The summed E-state index contributed by atoms with van der Waals surface area (Å²) in [7, 11) is 1.76. The lowest BCUT2D eigenvalue weighted by Gasteiger charge is -2.18. The van der Waals surface area contributed by atoms with E-state index in [1.165, 1.54) is 0 Å². The molecule has 1 atom stereocenters. The largest absolute Gasteiger partial charge is 0.380 e. The summed E-state index contributed by atoms with van der Waals surface area (Å²) in [6.07, 6.45) is 2.40. The summed E-state index contributed by atoms with van der Waals surface area (Å²) in [4.78, 5) is 14.3. The molecule has 0 saturated carbocycles. The molecule has 4 heteroatoms. The van der Waals surface area contributed by atoms with Gasteiger partial charge in [-0.25, -0.2) is 0 Å². The van der Waals surface area contributed by atoms with Gasteiger partial charge in [-0.15, -0.1) is 0 Å². The molecule has 0 spiro atoms. The number of nitrogens with zero attached hydrogens (tertiary/aromatic N) is 1. The Balaban J connectivity index is 1.88. The Hall–Kier alpha value is -1.55. The molecule has 1 fully saturated rings. The molecule has 116 valence electrons. The molecular formula is C17H26N2O2. The van der Waals surface area contributed by atoms with Crippen LogP contribution in [-0.4, -0.2) is 38.8 Å². The van der Waals surface area contributed by atoms with Crippen LogP contribution in [0.25, 0.3) is 0 Å². The van der Waals surface area contributed by atoms with Gasteiger partial charge in [0.1, 0.15) is 0 Å². The van der Waals surface area contributed by atoms with Gasteiger partial charge in [-0.1, -0.05) is 13.8 Å². The van der Waals surface area contributed by atoms with Crippen LogP contribution in [0.4, 0.5) is 5.69 Å². The van der Waals surface area contributed by atoms with Crippen LogP contribution >= 0.6 is 0 Å². The SMILES string of the molecule is COC1CCN(c2ccc(C(=O)NCCC(C)C)cc2)C1. The maximum atomic E-state index is 12.0. The minimum atomic E-state index is 0.0124. The number of hydrogen-bond acceptors (Lipinski definition) is 3. The molecule has 0 bridgehead atoms. The first-order valence-corrected chi connectivity index (χ1v) is 7.76. The summed E-state index contributed by atoms with van der Waals surface area (Å²) in [5.74, 6) is 0.620. The van der Waals surface area contributed by atoms with Gasteiger partial charge >= 0.3 is 0 Å². The number of ether oxygens (including phenoxy) is 1. The van der Waals surface area contributed by atoms with E-state index in [0.717, 1.165) is 43.7 Å². The molecule has 1 amide bonds. The van der Waals surface area contributed by atoms with Gasteiger partial charge in [0.25, 0.3) is 5.91 Å². The second-order valence-electron chi connectivity index (χ2n) is 6.08. The highest BCUT2D eigenvalue weighted by Gasteiger charge is 2.22. The van der Waals surface area contributed by atoms with Crippen molar-refractivity contribution >= 4 is 11.6 Å². The molecule has 1 aliphatic heterocycles. The maximum Gasteiger partial charge on any atom is 0.251 e. The Morgan fingerprint density at radius 1 is 1.38 bits per heavy atom. The Morgan fingerprint density at radius 2 is 2.10 bits per heavy atom. The molecular weight excluding hydrogens is 264 g/mol. The van der Waals surface area contributed by atoms with Gasteiger partial charge in [-0.2, -0.15) is 0 Å². The number of amides is 1. The zero-order valence-corrected chi connectivity index (χ0v) is 13.3. The number of methoxy groups -OCH3 is 1. The molecule has 2 rings (SSSR count). The molecule has 0 aliphatic carbocycles. The summed E-state index contributed by atoms with van der Waals surface area (Å²) < 4.78 is 5.38. The summed E-state index contributed by atoms with van der Waals surface area (Å²) in [5, 5.41) is 2.96. The van der Waals surface area contributed by atoms with Gasteiger partial charge in [0.05, 0.1) is 6.10 Å². The quantitative estimate of drug-likeness (QED) is 0.876. The number of hydrogen-bond donors (Lipinski definition) is 1. The molecule has 1 aromatic carbocycles. The van der Waals surface area contributed by atoms with Gasteiger partial charge in [-0.05, 0) is 43.0 Å². The van der Waals surface area contributed by atoms with Crippen molar-refractivity contribution in [3.05, 3.63) is 29.8 Å². The van der Waals surface area contributed by atoms with Crippen LogP contribution in [0.15, 0.2) is 24.3 Å². The van der Waals surface area contributed by atoms with E-state index >= 15 is 0 Å². The normalized spacial score (nSPS) is 18.3. The molecule has 1 aliphatic rings. The minimum absolute atomic E-state index is 0.0124. The third kappa shape index (κ3) is 4.46. The van der Waals surface area contributed by atoms with E-state index < -0.39 is 0 Å². The van der Waals surface area contributed by atoms with E-state index in [9.17, 15) is 4.79 Å². The van der Waals surface area contributed by atoms with E-state index in [1.807, 2.05) is 24.3 Å². The van der Waals surface area contributed by atoms with Gasteiger partial charge in [0, 0.05) is 38.0 Å². The highest BCUT2D eigenvalue weighted by Crippen LogP contribution is 2.22. The van der Waals surface area contributed by atoms with Crippen LogP contribution in [0.1, 0.15) is 37.0 Å². The second kappa shape index (κ2) is 7.46. The number of anilines is 1. The first kappa shape index (κ1) is 15.8. The average molecular weight is 290 g/mol. The van der Waals surface area contributed by atoms with Crippen molar-refractivity contribution in [1.29, 1.82) is 0 Å². The highest BCUT2D eigenvalue weighted by molar-refractivity contribution is 5.94. The predicted octanol–water partition coefficient (Wildman–Crippen LogP) is 2.69. The smallest absolute Gasteiger partial charge is 0.251 e. The first-order chi connectivity index (χ1) is 10.1. The Kier molecular flexibility index (Phi) is 5.62. The van der Waals surface area contributed by atoms with Gasteiger partial charge in [-0.3, -0.25) is 4.79 Å². The molecule has 0 radical (unpaired) electrons. The Labute approximate surface area is 127 Å². The molecule has 1 N–H and O–H groups in total. The van der Waals surface area contributed by atoms with Crippen LogP contribution < -0.4 is 10.2 Å². The molecule has 1 heterocycles. The van der Waals surface area contributed by atoms with Crippen molar-refractivity contribution in [1.82, 2.24) is 5.32 Å². The first-order valence-electron chi connectivity index (χ1n) is 7.76. The number of benzene rings is 1. The Bertz CT molecular complexity index is 456. The van der Waals surface area contributed by atoms with E-state index in [4.69, 9.17) is 4.74 Å². The highest BCUT2D eigenvalue weighted by atomic mass is 16.5. The summed E-state index contributed by atoms with van der Waals surface area (Å²) >= 11 is 0. The van der Waals surface area contributed by atoms with E-state index in [2.05, 4.69) is 24.1 Å². The monoisotopic (exact) mass is 290 g/mol. The fourth-order valence-electron chi connectivity index (χ4n) is 2.56. The zero-order valence-electron chi connectivity index (χ0n) is 13.3.